The van der Waals surface area contributed by atoms with Crippen LogP contribution >= 0.6 is 34.8 Å². The summed E-state index contributed by atoms with van der Waals surface area (Å²) < 4.78 is 10.7. The molecule has 9 heteroatoms. The second-order valence-corrected chi connectivity index (χ2v) is 5.62. The van der Waals surface area contributed by atoms with Gasteiger partial charge in [0, 0.05) is 6.92 Å². The predicted octanol–water partition coefficient (Wildman–Crippen LogP) is 1.17. The average Bonchev–Trinajstić information content (AvgIpc) is 2.14. The summed E-state index contributed by atoms with van der Waals surface area (Å²) in [5.74, 6) is -2.28. The van der Waals surface area contributed by atoms with Crippen LogP contribution in [-0.2, 0) is 20.4 Å². The zero-order chi connectivity index (χ0) is 12.9. The van der Waals surface area contributed by atoms with Gasteiger partial charge in [0.15, 0.2) is 0 Å². The Bertz CT molecular complexity index is 354. The molecule has 1 amide bonds. The number of hydrogen-bond donors (Lipinski definition) is 2. The van der Waals surface area contributed by atoms with E-state index in [9.17, 15) is 13.8 Å². The molecule has 0 heterocycles. The normalized spacial score (nSPS) is 13.8. The van der Waals surface area contributed by atoms with Gasteiger partial charge in [0.1, 0.15) is 14.9 Å². The summed E-state index contributed by atoms with van der Waals surface area (Å²) in [6.07, 6.45) is 0. The second-order valence-electron chi connectivity index (χ2n) is 2.64. The molecule has 0 aliphatic carbocycles. The van der Waals surface area contributed by atoms with Gasteiger partial charge >= 0.3 is 5.97 Å². The summed E-state index contributed by atoms with van der Waals surface area (Å²) in [5, 5.41) is 10.8. The molecule has 0 aromatic carbocycles. The lowest BCUT2D eigenvalue weighted by Crippen LogP contribution is -2.43. The van der Waals surface area contributed by atoms with Gasteiger partial charge in [-0.15, -0.1) is 0 Å². The Morgan fingerprint density at radius 2 is 1.88 bits per heavy atom. The smallest absolute Gasteiger partial charge is 0.327 e. The van der Waals surface area contributed by atoms with Crippen molar-refractivity contribution >= 4 is 57.5 Å². The van der Waals surface area contributed by atoms with E-state index in [2.05, 4.69) is 5.32 Å². The maximum Gasteiger partial charge on any atom is 0.327 e. The fourth-order valence-corrected chi connectivity index (χ4v) is 2.28. The standard InChI is InChI=1S/C7H8Cl3NO4S/c1-3(12)11-4(7(13)14)2-16(15)6(10)5(8)9/h4H,2H2,1H3,(H,11,12)(H,13,14)/t4-,16?/m0/s1. The minimum atomic E-state index is -1.88. The maximum atomic E-state index is 11.4. The molecule has 2 N–H and O–H groups in total. The molecule has 0 aromatic rings. The Hall–Kier alpha value is -0.300. The number of amides is 1. The first-order valence-corrected chi connectivity index (χ1v) is 6.30. The van der Waals surface area contributed by atoms with E-state index < -0.39 is 39.0 Å². The van der Waals surface area contributed by atoms with Gasteiger partial charge in [-0.1, -0.05) is 34.8 Å². The first-order valence-electron chi connectivity index (χ1n) is 3.84. The quantitative estimate of drug-likeness (QED) is 0.798. The van der Waals surface area contributed by atoms with Gasteiger partial charge in [0.05, 0.1) is 16.6 Å². The Morgan fingerprint density at radius 3 is 2.19 bits per heavy atom. The third-order valence-corrected chi connectivity index (χ3v) is 4.08. The molecule has 0 spiro atoms. The molecule has 0 aromatic heterocycles. The van der Waals surface area contributed by atoms with Crippen molar-refractivity contribution in [2.24, 2.45) is 0 Å². The molecular weight excluding hydrogens is 301 g/mol. The number of carbonyl (C=O) groups excluding carboxylic acids is 1. The molecule has 0 bridgehead atoms. The highest BCUT2D eigenvalue weighted by Crippen LogP contribution is 2.21. The highest BCUT2D eigenvalue weighted by molar-refractivity contribution is 7.90. The van der Waals surface area contributed by atoms with E-state index in [0.29, 0.717) is 0 Å². The van der Waals surface area contributed by atoms with Gasteiger partial charge in [0.25, 0.3) is 0 Å². The van der Waals surface area contributed by atoms with Crippen molar-refractivity contribution in [1.82, 2.24) is 5.32 Å². The van der Waals surface area contributed by atoms with Crippen LogP contribution in [0.1, 0.15) is 6.92 Å². The summed E-state index contributed by atoms with van der Waals surface area (Å²) in [6, 6.07) is -1.31. The molecule has 0 radical (unpaired) electrons. The van der Waals surface area contributed by atoms with Crippen molar-refractivity contribution in [3.63, 3.8) is 0 Å². The van der Waals surface area contributed by atoms with Crippen molar-refractivity contribution in [2.75, 3.05) is 5.75 Å². The van der Waals surface area contributed by atoms with Crippen LogP contribution in [0.2, 0.25) is 0 Å². The molecule has 2 atom stereocenters. The average molecular weight is 309 g/mol. The van der Waals surface area contributed by atoms with Crippen molar-refractivity contribution < 1.29 is 18.9 Å². The van der Waals surface area contributed by atoms with Gasteiger partial charge in [-0.25, -0.2) is 4.79 Å². The molecule has 0 rings (SSSR count). The first-order chi connectivity index (χ1) is 7.25. The van der Waals surface area contributed by atoms with E-state index in [1.54, 1.807) is 0 Å². The zero-order valence-corrected chi connectivity index (χ0v) is 11.1. The fraction of sp³-hybridized carbons (Fsp3) is 0.429. The highest BCUT2D eigenvalue weighted by Gasteiger charge is 2.23. The van der Waals surface area contributed by atoms with E-state index in [4.69, 9.17) is 39.9 Å². The molecule has 5 nitrogen and oxygen atoms in total. The summed E-state index contributed by atoms with van der Waals surface area (Å²) in [5.41, 5.74) is 0. The van der Waals surface area contributed by atoms with Crippen molar-refractivity contribution in [1.29, 1.82) is 0 Å². The van der Waals surface area contributed by atoms with E-state index in [1.807, 2.05) is 0 Å². The molecular formula is C7H8Cl3NO4S. The van der Waals surface area contributed by atoms with Gasteiger partial charge in [-0.05, 0) is 0 Å². The third kappa shape index (κ3) is 5.69. The van der Waals surface area contributed by atoms with Crippen LogP contribution in [-0.4, -0.2) is 33.0 Å². The third-order valence-electron chi connectivity index (χ3n) is 1.34. The number of aliphatic carboxylic acids is 1. The lowest BCUT2D eigenvalue weighted by Gasteiger charge is -2.12. The minimum absolute atomic E-state index is 0.347. The van der Waals surface area contributed by atoms with Crippen LogP contribution in [0, 0.1) is 0 Å². The lowest BCUT2D eigenvalue weighted by atomic mass is 10.3. The SMILES string of the molecule is CC(=O)N[C@@H](CS(=O)C(Cl)=C(Cl)Cl)C(=O)O. The zero-order valence-electron chi connectivity index (χ0n) is 8.00. The number of carboxylic acids is 1. The number of hydrogen-bond acceptors (Lipinski definition) is 3. The predicted molar refractivity (Wildman–Crippen MR) is 62.8 cm³/mol. The Morgan fingerprint density at radius 1 is 1.38 bits per heavy atom. The molecule has 1 unspecified atom stereocenters. The Balaban J connectivity index is 4.66. The summed E-state index contributed by atoms with van der Waals surface area (Å²) >= 11 is 16.0. The largest absolute Gasteiger partial charge is 0.480 e. The number of halogens is 3. The monoisotopic (exact) mass is 307 g/mol. The van der Waals surface area contributed by atoms with E-state index >= 15 is 0 Å². The van der Waals surface area contributed by atoms with E-state index in [0.717, 1.165) is 6.92 Å². The molecule has 0 aliphatic rings. The Labute approximate surface area is 109 Å². The van der Waals surface area contributed by atoms with Crippen LogP contribution in [0.25, 0.3) is 0 Å². The van der Waals surface area contributed by atoms with Crippen LogP contribution < -0.4 is 5.32 Å². The number of carbonyl (C=O) groups is 2. The van der Waals surface area contributed by atoms with Crippen molar-refractivity contribution in [3.05, 3.63) is 8.86 Å². The number of rotatable bonds is 5. The topological polar surface area (TPSA) is 83.5 Å². The van der Waals surface area contributed by atoms with Gasteiger partial charge in [-0.2, -0.15) is 0 Å². The summed E-state index contributed by atoms with van der Waals surface area (Å²) in [7, 11) is -1.88. The fourth-order valence-electron chi connectivity index (χ4n) is 0.731. The molecule has 0 saturated heterocycles. The second kappa shape index (κ2) is 7.11. The molecule has 0 aliphatic heterocycles. The lowest BCUT2D eigenvalue weighted by molar-refractivity contribution is -0.140. The molecule has 0 saturated carbocycles. The van der Waals surface area contributed by atoms with Crippen LogP contribution in [0.5, 0.6) is 0 Å². The van der Waals surface area contributed by atoms with Crippen LogP contribution in [0.3, 0.4) is 0 Å². The molecule has 16 heavy (non-hydrogen) atoms. The van der Waals surface area contributed by atoms with Crippen LogP contribution in [0.15, 0.2) is 8.86 Å². The maximum absolute atomic E-state index is 11.4. The summed E-state index contributed by atoms with van der Waals surface area (Å²) in [4.78, 5) is 21.4. The number of nitrogens with one attached hydrogen (secondary N) is 1. The number of carboxylic acid groups (broad SMARTS) is 1. The molecule has 0 fully saturated rings. The van der Waals surface area contributed by atoms with Crippen LogP contribution in [0.4, 0.5) is 0 Å². The Kier molecular flexibility index (Phi) is 6.98. The van der Waals surface area contributed by atoms with Gasteiger partial charge < -0.3 is 10.4 Å². The van der Waals surface area contributed by atoms with Crippen molar-refractivity contribution in [2.45, 2.75) is 13.0 Å². The highest BCUT2D eigenvalue weighted by atomic mass is 35.5. The minimum Gasteiger partial charge on any atom is -0.480 e. The first kappa shape index (κ1) is 15.7. The van der Waals surface area contributed by atoms with Crippen molar-refractivity contribution in [3.8, 4) is 0 Å². The molecule has 92 valence electrons. The van der Waals surface area contributed by atoms with Gasteiger partial charge in [-0.3, -0.25) is 9.00 Å². The summed E-state index contributed by atoms with van der Waals surface area (Å²) in [6.45, 7) is 1.14. The van der Waals surface area contributed by atoms with E-state index in [-0.39, 0.29) is 4.36 Å². The van der Waals surface area contributed by atoms with Gasteiger partial charge in [0.2, 0.25) is 5.91 Å². The van der Waals surface area contributed by atoms with E-state index in [1.165, 1.54) is 0 Å².